The van der Waals surface area contributed by atoms with Gasteiger partial charge in [0.15, 0.2) is 0 Å². The van der Waals surface area contributed by atoms with Crippen LogP contribution >= 0.6 is 11.6 Å². The molecule has 2 rings (SSSR count). The Hall–Kier alpha value is -1.52. The van der Waals surface area contributed by atoms with E-state index in [1.54, 1.807) is 0 Å². The van der Waals surface area contributed by atoms with Gasteiger partial charge in [-0.2, -0.15) is 0 Å². The zero-order valence-electron chi connectivity index (χ0n) is 10.8. The van der Waals surface area contributed by atoms with Gasteiger partial charge in [0.25, 0.3) is 0 Å². The molecule has 0 aromatic heterocycles. The molecule has 5 heteroatoms. The van der Waals surface area contributed by atoms with Gasteiger partial charge in [0, 0.05) is 16.7 Å². The summed E-state index contributed by atoms with van der Waals surface area (Å²) in [6.07, 6.45) is 0. The maximum atomic E-state index is 13.9. The molecule has 0 saturated carbocycles. The monoisotopic (exact) mass is 299 g/mol. The quantitative estimate of drug-likeness (QED) is 0.879. The van der Waals surface area contributed by atoms with Crippen LogP contribution in [0.3, 0.4) is 0 Å². The molecular weight excluding hydrogens is 287 g/mol. The third kappa shape index (κ3) is 3.32. The molecule has 0 fully saturated rings. The molecule has 2 aromatic rings. The Balaban J connectivity index is 2.52. The molecule has 20 heavy (non-hydrogen) atoms. The van der Waals surface area contributed by atoms with Crippen LogP contribution in [-0.2, 0) is 0 Å². The van der Waals surface area contributed by atoms with Gasteiger partial charge in [-0.15, -0.1) is 0 Å². The molecule has 0 amide bonds. The fraction of sp³-hybridized carbons (Fsp3) is 0.200. The standard InChI is InChI=1S/C15H13ClF3N/c1-2-20-15(9-5-11(17)8-12(18)6-9)13-7-10(16)3-4-14(13)19/h3-8,15,20H,2H2,1H3. The third-order valence-electron chi connectivity index (χ3n) is 2.90. The maximum Gasteiger partial charge on any atom is 0.128 e. The van der Waals surface area contributed by atoms with Crippen LogP contribution in [0.1, 0.15) is 24.1 Å². The summed E-state index contributed by atoms with van der Waals surface area (Å²) in [7, 11) is 0. The van der Waals surface area contributed by atoms with E-state index in [0.717, 1.165) is 6.07 Å². The summed E-state index contributed by atoms with van der Waals surface area (Å²) in [6.45, 7) is 2.33. The van der Waals surface area contributed by atoms with E-state index >= 15 is 0 Å². The smallest absolute Gasteiger partial charge is 0.128 e. The van der Waals surface area contributed by atoms with Crippen LogP contribution in [0.25, 0.3) is 0 Å². The molecular formula is C15H13ClF3N. The van der Waals surface area contributed by atoms with Crippen LogP contribution < -0.4 is 5.32 Å². The summed E-state index contributed by atoms with van der Waals surface area (Å²) in [5, 5.41) is 3.37. The molecule has 0 aliphatic carbocycles. The first-order valence-corrected chi connectivity index (χ1v) is 6.53. The lowest BCUT2D eigenvalue weighted by atomic mass is 9.98. The van der Waals surface area contributed by atoms with E-state index in [2.05, 4.69) is 5.32 Å². The van der Waals surface area contributed by atoms with Crippen molar-refractivity contribution in [2.45, 2.75) is 13.0 Å². The van der Waals surface area contributed by atoms with Crippen LogP contribution in [0, 0.1) is 17.5 Å². The molecule has 1 atom stereocenters. The molecule has 0 bridgehead atoms. The SMILES string of the molecule is CCNC(c1cc(F)cc(F)c1)c1cc(Cl)ccc1F. The Morgan fingerprint density at radius 2 is 1.70 bits per heavy atom. The van der Waals surface area contributed by atoms with Gasteiger partial charge in [-0.3, -0.25) is 0 Å². The highest BCUT2D eigenvalue weighted by Gasteiger charge is 2.19. The summed E-state index contributed by atoms with van der Waals surface area (Å²) < 4.78 is 40.6. The molecule has 0 radical (unpaired) electrons. The van der Waals surface area contributed by atoms with E-state index in [9.17, 15) is 13.2 Å². The van der Waals surface area contributed by atoms with Gasteiger partial charge in [-0.05, 0) is 42.4 Å². The summed E-state index contributed by atoms with van der Waals surface area (Å²) in [5.74, 6) is -1.89. The second-order valence-corrected chi connectivity index (χ2v) is 4.80. The topological polar surface area (TPSA) is 12.0 Å². The predicted molar refractivity (Wildman–Crippen MR) is 73.3 cm³/mol. The van der Waals surface area contributed by atoms with Crippen LogP contribution in [0.5, 0.6) is 0 Å². The number of hydrogen-bond donors (Lipinski definition) is 1. The van der Waals surface area contributed by atoms with E-state index in [0.29, 0.717) is 17.1 Å². The molecule has 106 valence electrons. The van der Waals surface area contributed by atoms with Crippen molar-refractivity contribution in [3.8, 4) is 0 Å². The van der Waals surface area contributed by atoms with Crippen molar-refractivity contribution in [2.24, 2.45) is 0 Å². The molecule has 2 aromatic carbocycles. The average Bonchev–Trinajstić information content (AvgIpc) is 2.38. The molecule has 0 heterocycles. The normalized spacial score (nSPS) is 12.4. The third-order valence-corrected chi connectivity index (χ3v) is 3.13. The van der Waals surface area contributed by atoms with Crippen molar-refractivity contribution in [1.29, 1.82) is 0 Å². The van der Waals surface area contributed by atoms with Crippen molar-refractivity contribution < 1.29 is 13.2 Å². The first kappa shape index (κ1) is 14.9. The lowest BCUT2D eigenvalue weighted by Gasteiger charge is -2.20. The van der Waals surface area contributed by atoms with Gasteiger partial charge in [-0.1, -0.05) is 18.5 Å². The van der Waals surface area contributed by atoms with Gasteiger partial charge < -0.3 is 5.32 Å². The molecule has 0 saturated heterocycles. The molecule has 1 nitrogen and oxygen atoms in total. The summed E-state index contributed by atoms with van der Waals surface area (Å²) in [6, 6.07) is 6.58. The van der Waals surface area contributed by atoms with Gasteiger partial charge in [0.1, 0.15) is 17.5 Å². The van der Waals surface area contributed by atoms with E-state index in [1.807, 2.05) is 6.92 Å². The number of benzene rings is 2. The zero-order valence-corrected chi connectivity index (χ0v) is 11.5. The Labute approximate surface area is 120 Å². The zero-order chi connectivity index (χ0) is 14.7. The molecule has 1 unspecified atom stereocenters. The summed E-state index contributed by atoms with van der Waals surface area (Å²) in [5.41, 5.74) is 0.565. The first-order valence-electron chi connectivity index (χ1n) is 6.15. The summed E-state index contributed by atoms with van der Waals surface area (Å²) in [4.78, 5) is 0. The largest absolute Gasteiger partial charge is 0.306 e. The predicted octanol–water partition coefficient (Wildman–Crippen LogP) is 4.46. The first-order chi connectivity index (χ1) is 9.51. The molecule has 0 spiro atoms. The Morgan fingerprint density at radius 3 is 2.30 bits per heavy atom. The van der Waals surface area contributed by atoms with Crippen LogP contribution in [0.2, 0.25) is 5.02 Å². The van der Waals surface area contributed by atoms with Crippen molar-refractivity contribution in [2.75, 3.05) is 6.54 Å². The molecule has 1 N–H and O–H groups in total. The summed E-state index contributed by atoms with van der Waals surface area (Å²) >= 11 is 5.87. The van der Waals surface area contributed by atoms with Crippen molar-refractivity contribution in [3.63, 3.8) is 0 Å². The van der Waals surface area contributed by atoms with Crippen LogP contribution in [-0.4, -0.2) is 6.54 Å². The van der Waals surface area contributed by atoms with E-state index in [1.165, 1.54) is 30.3 Å². The van der Waals surface area contributed by atoms with Crippen LogP contribution in [0.4, 0.5) is 13.2 Å². The molecule has 0 aliphatic heterocycles. The van der Waals surface area contributed by atoms with Crippen LogP contribution in [0.15, 0.2) is 36.4 Å². The Kier molecular flexibility index (Phi) is 4.68. The average molecular weight is 300 g/mol. The Morgan fingerprint density at radius 1 is 1.05 bits per heavy atom. The minimum Gasteiger partial charge on any atom is -0.306 e. The minimum atomic E-state index is -0.703. The highest BCUT2D eigenvalue weighted by Crippen LogP contribution is 2.28. The minimum absolute atomic E-state index is 0.254. The second kappa shape index (κ2) is 6.29. The maximum absolute atomic E-state index is 13.9. The number of hydrogen-bond acceptors (Lipinski definition) is 1. The second-order valence-electron chi connectivity index (χ2n) is 4.36. The van der Waals surface area contributed by atoms with E-state index in [-0.39, 0.29) is 5.56 Å². The molecule has 0 aliphatic rings. The number of halogens is 4. The van der Waals surface area contributed by atoms with E-state index in [4.69, 9.17) is 11.6 Å². The van der Waals surface area contributed by atoms with E-state index < -0.39 is 23.5 Å². The number of rotatable bonds is 4. The van der Waals surface area contributed by atoms with Gasteiger partial charge in [0.2, 0.25) is 0 Å². The Bertz CT molecular complexity index is 596. The van der Waals surface area contributed by atoms with Gasteiger partial charge in [0.05, 0.1) is 6.04 Å². The van der Waals surface area contributed by atoms with Gasteiger partial charge >= 0.3 is 0 Å². The number of nitrogens with one attached hydrogen (secondary N) is 1. The highest BCUT2D eigenvalue weighted by atomic mass is 35.5. The lowest BCUT2D eigenvalue weighted by molar-refractivity contribution is 0.543. The fourth-order valence-corrected chi connectivity index (χ4v) is 2.27. The van der Waals surface area contributed by atoms with Crippen molar-refractivity contribution in [3.05, 3.63) is 70.0 Å². The van der Waals surface area contributed by atoms with Gasteiger partial charge in [-0.25, -0.2) is 13.2 Å². The fourth-order valence-electron chi connectivity index (χ4n) is 2.09. The van der Waals surface area contributed by atoms with Crippen molar-refractivity contribution in [1.82, 2.24) is 5.32 Å². The highest BCUT2D eigenvalue weighted by molar-refractivity contribution is 6.30. The lowest BCUT2D eigenvalue weighted by Crippen LogP contribution is -2.23. The van der Waals surface area contributed by atoms with Crippen molar-refractivity contribution >= 4 is 11.6 Å².